The van der Waals surface area contributed by atoms with Crippen LogP contribution in [-0.2, 0) is 6.54 Å². The van der Waals surface area contributed by atoms with Gasteiger partial charge in [0.1, 0.15) is 0 Å². The van der Waals surface area contributed by atoms with Crippen molar-refractivity contribution >= 4 is 5.95 Å². The number of aliphatic hydroxyl groups excluding tert-OH is 1. The van der Waals surface area contributed by atoms with Crippen molar-refractivity contribution in [2.45, 2.75) is 44.1 Å². The third kappa shape index (κ3) is 2.72. The molecule has 118 valence electrons. The van der Waals surface area contributed by atoms with E-state index in [1.54, 1.807) is 4.68 Å². The molecule has 1 atom stereocenters. The molecule has 1 saturated heterocycles. The zero-order valence-electron chi connectivity index (χ0n) is 12.6. The van der Waals surface area contributed by atoms with Crippen LogP contribution in [0.2, 0.25) is 0 Å². The number of anilines is 1. The van der Waals surface area contributed by atoms with Gasteiger partial charge in [-0.2, -0.15) is 10.1 Å². The number of rotatable bonds is 5. The molecule has 0 radical (unpaired) electrons. The van der Waals surface area contributed by atoms with Gasteiger partial charge in [0.25, 0.3) is 5.95 Å². The topological polar surface area (TPSA) is 80.2 Å². The van der Waals surface area contributed by atoms with Crippen LogP contribution in [0, 0.1) is 0 Å². The highest BCUT2D eigenvalue weighted by molar-refractivity contribution is 5.31. The van der Waals surface area contributed by atoms with E-state index in [4.69, 9.17) is 9.63 Å². The molecule has 2 aromatic rings. The van der Waals surface area contributed by atoms with E-state index in [1.165, 1.54) is 12.8 Å². The van der Waals surface area contributed by atoms with E-state index in [2.05, 4.69) is 26.2 Å². The Bertz CT molecular complexity index is 633. The predicted octanol–water partition coefficient (Wildman–Crippen LogP) is 1.52. The Morgan fingerprint density at radius 2 is 2.18 bits per heavy atom. The number of hydrogen-bond acceptors (Lipinski definition) is 6. The third-order valence-electron chi connectivity index (χ3n) is 4.47. The lowest BCUT2D eigenvalue weighted by Gasteiger charge is -2.30. The first kappa shape index (κ1) is 13.8. The van der Waals surface area contributed by atoms with E-state index < -0.39 is 0 Å². The van der Waals surface area contributed by atoms with E-state index in [-0.39, 0.29) is 6.61 Å². The van der Waals surface area contributed by atoms with Crippen molar-refractivity contribution in [1.82, 2.24) is 19.9 Å². The molecular formula is C15H21N5O2. The first-order valence-corrected chi connectivity index (χ1v) is 8.06. The summed E-state index contributed by atoms with van der Waals surface area (Å²) in [5.74, 6) is 2.40. The highest BCUT2D eigenvalue weighted by Gasteiger charge is 2.31. The largest absolute Gasteiger partial charge is 0.394 e. The molecule has 1 unspecified atom stereocenters. The third-order valence-corrected chi connectivity index (χ3v) is 4.47. The number of nitrogens with zero attached hydrogens (tertiary/aromatic N) is 5. The summed E-state index contributed by atoms with van der Waals surface area (Å²) >= 11 is 0. The lowest BCUT2D eigenvalue weighted by Crippen LogP contribution is -2.35. The molecule has 0 amide bonds. The maximum absolute atomic E-state index is 8.99. The SMILES string of the molecule is OCCn1ccc(C2CCCN(c3noc(C4CC4)n3)C2)n1. The zero-order valence-corrected chi connectivity index (χ0v) is 12.6. The number of aliphatic hydroxyl groups is 1. The predicted molar refractivity (Wildman–Crippen MR) is 79.8 cm³/mol. The Kier molecular flexibility index (Phi) is 3.57. The lowest BCUT2D eigenvalue weighted by molar-refractivity contribution is 0.268. The van der Waals surface area contributed by atoms with Crippen LogP contribution in [0.25, 0.3) is 0 Å². The van der Waals surface area contributed by atoms with Gasteiger partial charge in [-0.1, -0.05) is 0 Å². The minimum atomic E-state index is 0.116. The van der Waals surface area contributed by atoms with Crippen molar-refractivity contribution in [3.05, 3.63) is 23.8 Å². The minimum Gasteiger partial charge on any atom is -0.394 e. The Morgan fingerprint density at radius 1 is 1.27 bits per heavy atom. The molecule has 1 aliphatic heterocycles. The van der Waals surface area contributed by atoms with Crippen LogP contribution in [0.5, 0.6) is 0 Å². The van der Waals surface area contributed by atoms with Crippen molar-refractivity contribution < 1.29 is 9.63 Å². The van der Waals surface area contributed by atoms with Crippen molar-refractivity contribution in [2.24, 2.45) is 0 Å². The molecule has 2 fully saturated rings. The first-order valence-electron chi connectivity index (χ1n) is 8.06. The van der Waals surface area contributed by atoms with E-state index in [9.17, 15) is 0 Å². The van der Waals surface area contributed by atoms with Crippen LogP contribution in [0.1, 0.15) is 49.1 Å². The molecule has 0 spiro atoms. The number of piperidine rings is 1. The Morgan fingerprint density at radius 3 is 3.00 bits per heavy atom. The minimum absolute atomic E-state index is 0.116. The van der Waals surface area contributed by atoms with Crippen LogP contribution >= 0.6 is 0 Å². The van der Waals surface area contributed by atoms with Gasteiger partial charge in [-0.15, -0.1) is 0 Å². The summed E-state index contributed by atoms with van der Waals surface area (Å²) in [4.78, 5) is 6.75. The molecule has 2 aromatic heterocycles. The van der Waals surface area contributed by atoms with Gasteiger partial charge in [-0.05, 0) is 36.9 Å². The van der Waals surface area contributed by atoms with Gasteiger partial charge in [0.2, 0.25) is 5.89 Å². The number of aromatic nitrogens is 4. The normalized spacial score (nSPS) is 22.2. The molecule has 0 bridgehead atoms. The molecule has 22 heavy (non-hydrogen) atoms. The summed E-state index contributed by atoms with van der Waals surface area (Å²) in [5.41, 5.74) is 1.09. The molecule has 2 aliphatic rings. The van der Waals surface area contributed by atoms with Crippen LogP contribution in [-0.4, -0.2) is 44.7 Å². The van der Waals surface area contributed by atoms with Gasteiger partial charge >= 0.3 is 0 Å². The molecule has 1 N–H and O–H groups in total. The fraction of sp³-hybridized carbons (Fsp3) is 0.667. The summed E-state index contributed by atoms with van der Waals surface area (Å²) in [6, 6.07) is 2.05. The van der Waals surface area contributed by atoms with E-state index >= 15 is 0 Å². The maximum Gasteiger partial charge on any atom is 0.266 e. The second-order valence-electron chi connectivity index (χ2n) is 6.22. The summed E-state index contributed by atoms with van der Waals surface area (Å²) in [7, 11) is 0. The fourth-order valence-electron chi connectivity index (χ4n) is 3.07. The molecule has 1 saturated carbocycles. The Labute approximate surface area is 128 Å². The van der Waals surface area contributed by atoms with Gasteiger partial charge < -0.3 is 14.5 Å². The molecule has 1 aliphatic carbocycles. The molecule has 3 heterocycles. The van der Waals surface area contributed by atoms with Crippen LogP contribution in [0.4, 0.5) is 5.95 Å². The van der Waals surface area contributed by atoms with E-state index in [1.807, 2.05) is 6.20 Å². The van der Waals surface area contributed by atoms with E-state index in [0.29, 0.717) is 18.4 Å². The molecule has 0 aromatic carbocycles. The van der Waals surface area contributed by atoms with Gasteiger partial charge in [0.15, 0.2) is 0 Å². The van der Waals surface area contributed by atoms with Gasteiger partial charge in [-0.3, -0.25) is 4.68 Å². The average Bonchev–Trinajstić information content (AvgIpc) is 3.10. The smallest absolute Gasteiger partial charge is 0.266 e. The first-order chi connectivity index (χ1) is 10.8. The van der Waals surface area contributed by atoms with Crippen molar-refractivity contribution in [3.63, 3.8) is 0 Å². The molecule has 4 rings (SSSR count). The van der Waals surface area contributed by atoms with E-state index in [0.717, 1.165) is 43.5 Å². The van der Waals surface area contributed by atoms with Crippen LogP contribution in [0.15, 0.2) is 16.8 Å². The second-order valence-corrected chi connectivity index (χ2v) is 6.22. The summed E-state index contributed by atoms with van der Waals surface area (Å²) in [6.45, 7) is 2.51. The van der Waals surface area contributed by atoms with Crippen molar-refractivity contribution in [2.75, 3.05) is 24.6 Å². The summed E-state index contributed by atoms with van der Waals surface area (Å²) < 4.78 is 7.17. The van der Waals surface area contributed by atoms with Crippen LogP contribution in [0.3, 0.4) is 0 Å². The molecular weight excluding hydrogens is 282 g/mol. The standard InChI is InChI=1S/C15H21N5O2/c21-9-8-20-7-5-13(17-20)12-2-1-6-19(10-12)15-16-14(22-18-15)11-3-4-11/h5,7,11-12,21H,1-4,6,8-10H2. The van der Waals surface area contributed by atoms with Crippen LogP contribution < -0.4 is 4.90 Å². The summed E-state index contributed by atoms with van der Waals surface area (Å²) in [5, 5.41) is 17.7. The highest BCUT2D eigenvalue weighted by atomic mass is 16.5. The summed E-state index contributed by atoms with van der Waals surface area (Å²) in [6.07, 6.45) is 6.51. The molecule has 7 heteroatoms. The second kappa shape index (κ2) is 5.72. The van der Waals surface area contributed by atoms with Gasteiger partial charge in [-0.25, -0.2) is 0 Å². The fourth-order valence-corrected chi connectivity index (χ4v) is 3.07. The highest BCUT2D eigenvalue weighted by Crippen LogP contribution is 2.39. The van der Waals surface area contributed by atoms with Crippen molar-refractivity contribution in [3.8, 4) is 0 Å². The van der Waals surface area contributed by atoms with Gasteiger partial charge in [0.05, 0.1) is 18.8 Å². The Balaban J connectivity index is 1.45. The average molecular weight is 303 g/mol. The molecule has 7 nitrogen and oxygen atoms in total. The van der Waals surface area contributed by atoms with Crippen molar-refractivity contribution in [1.29, 1.82) is 0 Å². The van der Waals surface area contributed by atoms with Gasteiger partial charge in [0, 0.05) is 31.1 Å². The maximum atomic E-state index is 8.99. The lowest BCUT2D eigenvalue weighted by atomic mass is 9.95. The Hall–Kier alpha value is -1.89. The number of hydrogen-bond donors (Lipinski definition) is 1. The quantitative estimate of drug-likeness (QED) is 0.902. The monoisotopic (exact) mass is 303 g/mol. The zero-order chi connectivity index (χ0) is 14.9.